The molecule has 2 aromatic rings. The summed E-state index contributed by atoms with van der Waals surface area (Å²) in [7, 11) is 0. The van der Waals surface area contributed by atoms with Crippen molar-refractivity contribution in [1.82, 2.24) is 10.1 Å². The van der Waals surface area contributed by atoms with Crippen LogP contribution in [-0.4, -0.2) is 21.6 Å². The van der Waals surface area contributed by atoms with Crippen LogP contribution >= 0.6 is 0 Å². The maximum absolute atomic E-state index is 5.45. The van der Waals surface area contributed by atoms with Crippen molar-refractivity contribution in [3.8, 4) is 0 Å². The summed E-state index contributed by atoms with van der Waals surface area (Å²) in [6.07, 6.45) is 0. The van der Waals surface area contributed by atoms with E-state index in [4.69, 9.17) is 9.68 Å². The van der Waals surface area contributed by atoms with E-state index in [1.54, 1.807) is 0 Å². The Bertz CT molecular complexity index is 652. The molecule has 0 N–H and O–H groups in total. The lowest BCUT2D eigenvalue weighted by Crippen LogP contribution is -2.13. The highest BCUT2D eigenvalue weighted by atomic mass is 16.9. The zero-order valence-electron chi connectivity index (χ0n) is 16.6. The van der Waals surface area contributed by atoms with Gasteiger partial charge in [-0.3, -0.25) is 9.68 Å². The summed E-state index contributed by atoms with van der Waals surface area (Å²) in [5.41, 5.74) is 2.45. The van der Waals surface area contributed by atoms with Crippen molar-refractivity contribution in [2.45, 2.75) is 65.1 Å². The molecule has 26 heavy (non-hydrogen) atoms. The fraction of sp³-hybridized carbons (Fsp3) is 0.455. The third kappa shape index (κ3) is 4.33. The molecule has 4 unspecified atom stereocenters. The topological polar surface area (TPSA) is 31.1 Å². The third-order valence-electron chi connectivity index (χ3n) is 4.91. The van der Waals surface area contributed by atoms with Crippen molar-refractivity contribution in [3.05, 3.63) is 71.8 Å². The van der Waals surface area contributed by atoms with Gasteiger partial charge in [-0.25, -0.2) is 0 Å². The van der Waals surface area contributed by atoms with Gasteiger partial charge in [-0.1, -0.05) is 60.7 Å². The van der Waals surface area contributed by atoms with E-state index in [0.29, 0.717) is 12.1 Å². The first-order chi connectivity index (χ1) is 12.2. The van der Waals surface area contributed by atoms with Gasteiger partial charge in [0.05, 0.1) is 12.1 Å². The van der Waals surface area contributed by atoms with E-state index in [1.807, 2.05) is 22.3 Å². The van der Waals surface area contributed by atoms with E-state index >= 15 is 0 Å². The maximum Gasteiger partial charge on any atom is 0.160 e. The molecule has 0 spiro atoms. The Morgan fingerprint density at radius 3 is 1.12 bits per heavy atom. The molecule has 0 saturated carbocycles. The molecule has 0 bridgehead atoms. The van der Waals surface area contributed by atoms with Crippen molar-refractivity contribution in [3.63, 3.8) is 0 Å². The number of hydrogen-bond acceptors (Lipinski definition) is 4. The fourth-order valence-electron chi connectivity index (χ4n) is 3.27. The Morgan fingerprint density at radius 1 is 0.615 bits per heavy atom. The minimum Gasteiger partial charge on any atom is -0.272 e. The molecule has 4 heteroatoms. The lowest BCUT2D eigenvalue weighted by atomic mass is 10.1. The van der Waals surface area contributed by atoms with E-state index in [2.05, 4.69) is 90.1 Å². The van der Waals surface area contributed by atoms with E-state index in [9.17, 15) is 0 Å². The van der Waals surface area contributed by atoms with Crippen LogP contribution in [0.1, 0.15) is 64.8 Å². The van der Waals surface area contributed by atoms with E-state index < -0.39 is 0 Å². The first-order valence-electron chi connectivity index (χ1n) is 9.29. The molecular weight excluding hydrogens is 324 g/mol. The summed E-state index contributed by atoms with van der Waals surface area (Å²) >= 11 is 0. The van der Waals surface area contributed by atoms with Crippen LogP contribution < -0.4 is 0 Å². The number of rotatable bonds is 4. The summed E-state index contributed by atoms with van der Waals surface area (Å²) in [6.45, 7) is 12.6. The van der Waals surface area contributed by atoms with Crippen molar-refractivity contribution in [2.75, 3.05) is 0 Å². The van der Waals surface area contributed by atoms with Gasteiger partial charge in [0.2, 0.25) is 0 Å². The van der Waals surface area contributed by atoms with E-state index in [0.717, 1.165) is 0 Å². The largest absolute Gasteiger partial charge is 0.272 e. The van der Waals surface area contributed by atoms with Crippen LogP contribution in [0.5, 0.6) is 0 Å². The molecule has 2 saturated heterocycles. The molecule has 2 heterocycles. The standard InChI is InChI=1S/2C11H15NO/c2*1-9(12-11(2,3)13-12)10-7-5-4-6-8-10/h2*4-9H,1-3H3. The lowest BCUT2D eigenvalue weighted by molar-refractivity contribution is 0.154. The van der Waals surface area contributed by atoms with Crippen LogP contribution in [0.3, 0.4) is 0 Å². The quantitative estimate of drug-likeness (QED) is 0.682. The molecule has 2 aliphatic heterocycles. The van der Waals surface area contributed by atoms with E-state index in [-0.39, 0.29) is 11.4 Å². The number of hydroxylamine groups is 4. The van der Waals surface area contributed by atoms with Crippen LogP contribution in [0.2, 0.25) is 0 Å². The Morgan fingerprint density at radius 2 is 0.885 bits per heavy atom. The molecule has 0 radical (unpaired) electrons. The fourth-order valence-corrected chi connectivity index (χ4v) is 3.27. The van der Waals surface area contributed by atoms with Gasteiger partial charge in [-0.2, -0.15) is 0 Å². The molecule has 140 valence electrons. The molecule has 4 atom stereocenters. The normalized spacial score (nSPS) is 26.8. The molecule has 2 aromatic carbocycles. The van der Waals surface area contributed by atoms with Crippen LogP contribution in [-0.2, 0) is 9.68 Å². The first-order valence-corrected chi connectivity index (χ1v) is 9.29. The molecule has 0 aromatic heterocycles. The zero-order valence-corrected chi connectivity index (χ0v) is 16.6. The average Bonchev–Trinajstić information content (AvgIpc) is 3.49. The van der Waals surface area contributed by atoms with Gasteiger partial charge < -0.3 is 0 Å². The van der Waals surface area contributed by atoms with Gasteiger partial charge in [0.1, 0.15) is 0 Å². The molecule has 2 fully saturated rings. The van der Waals surface area contributed by atoms with Gasteiger partial charge in [-0.15, -0.1) is 10.1 Å². The second kappa shape index (κ2) is 7.12. The number of nitrogens with zero attached hydrogens (tertiary/aromatic N) is 2. The molecule has 0 aliphatic carbocycles. The summed E-state index contributed by atoms with van der Waals surface area (Å²) in [6, 6.07) is 21.5. The summed E-state index contributed by atoms with van der Waals surface area (Å²) in [5.74, 6) is 0. The number of benzene rings is 2. The van der Waals surface area contributed by atoms with Crippen LogP contribution in [0.25, 0.3) is 0 Å². The SMILES string of the molecule is CC(c1ccccc1)N1OC1(C)C.CC(c1ccccc1)N1OC1(C)C. The van der Waals surface area contributed by atoms with Gasteiger partial charge in [0.15, 0.2) is 11.4 Å². The highest BCUT2D eigenvalue weighted by molar-refractivity contribution is 5.19. The average molecular weight is 354 g/mol. The van der Waals surface area contributed by atoms with Crippen molar-refractivity contribution < 1.29 is 9.68 Å². The highest BCUT2D eigenvalue weighted by Crippen LogP contribution is 2.42. The Kier molecular flexibility index (Phi) is 5.22. The first kappa shape index (κ1) is 19.1. The summed E-state index contributed by atoms with van der Waals surface area (Å²) in [5, 5.41) is 4.03. The second-order valence-electron chi connectivity index (χ2n) is 7.90. The predicted molar refractivity (Wildman–Crippen MR) is 104 cm³/mol. The van der Waals surface area contributed by atoms with Gasteiger partial charge in [0.25, 0.3) is 0 Å². The lowest BCUT2D eigenvalue weighted by Gasteiger charge is -2.11. The molecule has 4 nitrogen and oxygen atoms in total. The Balaban J connectivity index is 0.000000151. The van der Waals surface area contributed by atoms with Crippen LogP contribution in [0.15, 0.2) is 60.7 Å². The predicted octanol–water partition coefficient (Wildman–Crippen LogP) is 5.46. The summed E-state index contributed by atoms with van der Waals surface area (Å²) in [4.78, 5) is 10.9. The summed E-state index contributed by atoms with van der Waals surface area (Å²) < 4.78 is 0. The Labute approximate surface area is 157 Å². The molecule has 2 aliphatic rings. The van der Waals surface area contributed by atoms with Crippen LogP contribution in [0, 0.1) is 0 Å². The van der Waals surface area contributed by atoms with Gasteiger partial charge >= 0.3 is 0 Å². The Hall–Kier alpha value is -1.72. The minimum absolute atomic E-state index is 0.0741. The van der Waals surface area contributed by atoms with Crippen molar-refractivity contribution in [1.29, 1.82) is 0 Å². The minimum atomic E-state index is -0.0741. The smallest absolute Gasteiger partial charge is 0.160 e. The number of hydrogen-bond donors (Lipinski definition) is 0. The highest BCUT2D eigenvalue weighted by Gasteiger charge is 2.49. The van der Waals surface area contributed by atoms with Gasteiger partial charge in [-0.05, 0) is 52.7 Å². The monoisotopic (exact) mass is 354 g/mol. The van der Waals surface area contributed by atoms with Gasteiger partial charge in [0, 0.05) is 0 Å². The van der Waals surface area contributed by atoms with Crippen LogP contribution in [0.4, 0.5) is 0 Å². The maximum atomic E-state index is 5.45. The molecular formula is C22H30N2O2. The molecule has 0 amide bonds. The third-order valence-corrected chi connectivity index (χ3v) is 4.91. The van der Waals surface area contributed by atoms with E-state index in [1.165, 1.54) is 11.1 Å². The van der Waals surface area contributed by atoms with Crippen molar-refractivity contribution >= 4 is 0 Å². The van der Waals surface area contributed by atoms with Crippen molar-refractivity contribution in [2.24, 2.45) is 0 Å². The zero-order chi connectivity index (χ0) is 18.9. The molecule has 4 rings (SSSR count). The second-order valence-corrected chi connectivity index (χ2v) is 7.90.